The fourth-order valence-corrected chi connectivity index (χ4v) is 5.94. The Morgan fingerprint density at radius 2 is 2.10 bits per heavy atom. The highest BCUT2D eigenvalue weighted by Gasteiger charge is 2.33. The predicted octanol–water partition coefficient (Wildman–Crippen LogP) is 3.93. The monoisotopic (exact) mass is 449 g/mol. The van der Waals surface area contributed by atoms with E-state index in [-0.39, 0.29) is 10.1 Å². The first kappa shape index (κ1) is 21.4. The van der Waals surface area contributed by atoms with Crippen LogP contribution < -0.4 is 10.5 Å². The van der Waals surface area contributed by atoms with Crippen molar-refractivity contribution >= 4 is 33.0 Å². The van der Waals surface area contributed by atoms with Gasteiger partial charge >= 0.3 is 6.03 Å². The van der Waals surface area contributed by atoms with Crippen molar-refractivity contribution in [1.82, 2.24) is 9.97 Å². The van der Waals surface area contributed by atoms with Gasteiger partial charge in [-0.1, -0.05) is 6.92 Å². The van der Waals surface area contributed by atoms with Gasteiger partial charge in [-0.05, 0) is 57.9 Å². The molecule has 2 atom stereocenters. The minimum atomic E-state index is -3.48. The van der Waals surface area contributed by atoms with E-state index in [0.29, 0.717) is 10.9 Å². The number of hydrogen-bond donors (Lipinski definition) is 3. The number of amides is 2. The molecule has 0 bridgehead atoms. The average molecular weight is 450 g/mol. The van der Waals surface area contributed by atoms with Gasteiger partial charge in [0.25, 0.3) is 0 Å². The van der Waals surface area contributed by atoms with Crippen LogP contribution in [-0.2, 0) is 21.9 Å². The zero-order valence-corrected chi connectivity index (χ0v) is 19.2. The third-order valence-corrected chi connectivity index (χ3v) is 8.80. The van der Waals surface area contributed by atoms with E-state index in [1.165, 1.54) is 6.20 Å². The number of thiazole rings is 1. The number of carbonyl (C=O) groups is 1. The highest BCUT2D eigenvalue weighted by atomic mass is 32.2. The molecule has 0 aromatic carbocycles. The molecule has 8 nitrogen and oxygen atoms in total. The summed E-state index contributed by atoms with van der Waals surface area (Å²) < 4.78 is 16.9. The number of aliphatic hydroxyl groups is 1. The average Bonchev–Trinajstić information content (AvgIpc) is 3.20. The molecule has 10 heteroatoms. The molecule has 1 saturated carbocycles. The Morgan fingerprint density at radius 1 is 1.40 bits per heavy atom. The van der Waals surface area contributed by atoms with Gasteiger partial charge in [0.15, 0.2) is 9.92 Å². The summed E-state index contributed by atoms with van der Waals surface area (Å²) in [6.07, 6.45) is 5.42. The van der Waals surface area contributed by atoms with Crippen LogP contribution in [0.3, 0.4) is 0 Å². The van der Waals surface area contributed by atoms with Crippen molar-refractivity contribution < 1.29 is 14.1 Å². The zero-order chi connectivity index (χ0) is 21.8. The van der Waals surface area contributed by atoms with E-state index in [4.69, 9.17) is 10.1 Å². The third kappa shape index (κ3) is 4.01. The molecule has 0 saturated heterocycles. The van der Waals surface area contributed by atoms with Crippen LogP contribution in [0.15, 0.2) is 14.8 Å². The zero-order valence-electron chi connectivity index (χ0n) is 17.6. The predicted molar refractivity (Wildman–Crippen MR) is 117 cm³/mol. The number of nitrogens with one attached hydrogen (secondary N) is 1. The van der Waals surface area contributed by atoms with Gasteiger partial charge in [-0.25, -0.2) is 19.1 Å². The Hall–Kier alpha value is -1.88. The number of aromatic nitrogens is 2. The topological polar surface area (TPSA) is 131 Å². The number of nitrogens with zero attached hydrogens (tertiary/aromatic N) is 3. The molecule has 162 valence electrons. The summed E-state index contributed by atoms with van der Waals surface area (Å²) in [7, 11) is -3.48. The van der Waals surface area contributed by atoms with E-state index in [1.807, 2.05) is 6.92 Å². The maximum atomic E-state index is 12.9. The maximum Gasteiger partial charge on any atom is 0.354 e. The van der Waals surface area contributed by atoms with Crippen LogP contribution in [0.2, 0.25) is 0 Å². The van der Waals surface area contributed by atoms with E-state index < -0.39 is 21.5 Å². The number of rotatable bonds is 4. The van der Waals surface area contributed by atoms with E-state index in [9.17, 15) is 14.1 Å². The van der Waals surface area contributed by atoms with Gasteiger partial charge in [-0.15, -0.1) is 15.7 Å². The van der Waals surface area contributed by atoms with Crippen molar-refractivity contribution in [3.8, 4) is 0 Å². The van der Waals surface area contributed by atoms with Crippen molar-refractivity contribution in [2.24, 2.45) is 9.50 Å². The summed E-state index contributed by atoms with van der Waals surface area (Å²) in [5.74, 6) is 0.739. The number of carbonyl (C=O) groups excluding carboxylic acids is 1. The lowest BCUT2D eigenvalue weighted by Crippen LogP contribution is -2.18. The minimum absolute atomic E-state index is 0.151. The summed E-state index contributed by atoms with van der Waals surface area (Å²) in [5, 5.41) is 19.2. The van der Waals surface area contributed by atoms with Gasteiger partial charge in [-0.3, -0.25) is 4.98 Å². The quantitative estimate of drug-likeness (QED) is 0.651. The Morgan fingerprint density at radius 3 is 2.70 bits per heavy atom. The first-order valence-corrected chi connectivity index (χ1v) is 12.4. The summed E-state index contributed by atoms with van der Waals surface area (Å²) in [6.45, 7) is 7.24. The molecule has 30 heavy (non-hydrogen) atoms. The fourth-order valence-electron chi connectivity index (χ4n) is 3.87. The van der Waals surface area contributed by atoms with Gasteiger partial charge in [-0.2, -0.15) is 0 Å². The third-order valence-electron chi connectivity index (χ3n) is 5.61. The molecule has 2 aromatic heterocycles. The molecule has 4 N–H and O–H groups in total. The van der Waals surface area contributed by atoms with Crippen LogP contribution in [0.5, 0.6) is 0 Å². The van der Waals surface area contributed by atoms with Crippen LogP contribution in [0.25, 0.3) is 0 Å². The molecular formula is C20H27N5O3S2. The van der Waals surface area contributed by atoms with E-state index in [2.05, 4.69) is 21.6 Å². The van der Waals surface area contributed by atoms with Crippen LogP contribution in [0.4, 0.5) is 10.5 Å². The molecule has 2 unspecified atom stereocenters. The molecule has 2 aliphatic carbocycles. The first-order chi connectivity index (χ1) is 14.0. The maximum absolute atomic E-state index is 12.9. The van der Waals surface area contributed by atoms with Crippen molar-refractivity contribution in [1.29, 1.82) is 0 Å². The largest absolute Gasteiger partial charge is 0.383 e. The number of urea groups is 1. The Labute approximate surface area is 180 Å². The molecule has 2 aliphatic rings. The van der Waals surface area contributed by atoms with Crippen LogP contribution in [0, 0.1) is 6.92 Å². The summed E-state index contributed by atoms with van der Waals surface area (Å²) >= 11 is 0.988. The Balaban J connectivity index is 1.67. The number of aryl methyl sites for hydroxylation is 1. The Bertz CT molecular complexity index is 1140. The molecule has 0 aliphatic heterocycles. The lowest BCUT2D eigenvalue weighted by molar-refractivity contribution is 0.0783. The molecule has 2 amide bonds. The van der Waals surface area contributed by atoms with Crippen LogP contribution in [-0.4, -0.2) is 25.3 Å². The van der Waals surface area contributed by atoms with Crippen LogP contribution in [0.1, 0.15) is 79.4 Å². The SMILES string of the molecule is Cc1c(C2CC2)nc2c(c1NC(=O)N=S(N)(=O)c1cnc(C(C)(C)O)s1)C(C)CC2. The molecule has 2 aromatic rings. The second-order valence-electron chi connectivity index (χ2n) is 8.70. The number of fused-ring (bicyclic) bond motifs is 1. The smallest absolute Gasteiger partial charge is 0.354 e. The molecule has 0 spiro atoms. The molecular weight excluding hydrogens is 422 g/mol. The van der Waals surface area contributed by atoms with E-state index in [1.54, 1.807) is 13.8 Å². The number of pyridine rings is 1. The van der Waals surface area contributed by atoms with Gasteiger partial charge in [0.1, 0.15) is 14.8 Å². The lowest BCUT2D eigenvalue weighted by Gasteiger charge is -2.18. The number of hydrogen-bond acceptors (Lipinski definition) is 6. The van der Waals surface area contributed by atoms with Gasteiger partial charge in [0, 0.05) is 22.9 Å². The fraction of sp³-hybridized carbons (Fsp3) is 0.550. The standard InChI is InChI=1S/C20H27N5O3S2/c1-10-5-8-13-15(10)17(11(2)16(23-13)12-6-7-12)24-19(26)25-30(21,28)14-9-22-18(29-14)20(3,4)27/h9-10,12,27H,5-8H2,1-4H3,(H3,21,23,24,25,26,28). The highest BCUT2D eigenvalue weighted by molar-refractivity contribution is 7.93. The molecule has 2 heterocycles. The molecule has 1 fully saturated rings. The summed E-state index contributed by atoms with van der Waals surface area (Å²) in [4.78, 5) is 21.7. The van der Waals surface area contributed by atoms with Crippen molar-refractivity contribution in [3.63, 3.8) is 0 Å². The minimum Gasteiger partial charge on any atom is -0.383 e. The normalized spacial score (nSPS) is 20.5. The van der Waals surface area contributed by atoms with Crippen molar-refractivity contribution in [2.45, 2.75) is 75.0 Å². The van der Waals surface area contributed by atoms with Gasteiger partial charge in [0.05, 0.1) is 11.9 Å². The number of anilines is 1. The molecule has 0 radical (unpaired) electrons. The first-order valence-electron chi connectivity index (χ1n) is 10.0. The second-order valence-corrected chi connectivity index (χ2v) is 11.8. The van der Waals surface area contributed by atoms with Crippen molar-refractivity contribution in [2.75, 3.05) is 5.32 Å². The van der Waals surface area contributed by atoms with Gasteiger partial charge < -0.3 is 10.4 Å². The molecule has 4 rings (SSSR count). The summed E-state index contributed by atoms with van der Waals surface area (Å²) in [5.41, 5.74) is 3.63. The van der Waals surface area contributed by atoms with Gasteiger partial charge in [0.2, 0.25) is 0 Å². The Kier molecular flexibility index (Phi) is 5.24. The highest BCUT2D eigenvalue weighted by Crippen LogP contribution is 2.46. The van der Waals surface area contributed by atoms with Crippen molar-refractivity contribution in [3.05, 3.63) is 33.7 Å². The second kappa shape index (κ2) is 7.37. The van der Waals surface area contributed by atoms with E-state index in [0.717, 1.165) is 65.2 Å². The number of nitrogens with two attached hydrogens (primary N) is 1. The summed E-state index contributed by atoms with van der Waals surface area (Å²) in [6, 6.07) is -0.752. The van der Waals surface area contributed by atoms with E-state index >= 15 is 0 Å². The lowest BCUT2D eigenvalue weighted by atomic mass is 9.98. The van der Waals surface area contributed by atoms with Crippen LogP contribution >= 0.6 is 11.3 Å².